The fraction of sp³-hybridized carbons (Fsp3) is 0.312. The molecule has 0 spiro atoms. The Morgan fingerprint density at radius 2 is 2.30 bits per heavy atom. The van der Waals surface area contributed by atoms with E-state index in [-0.39, 0.29) is 6.54 Å². The van der Waals surface area contributed by atoms with E-state index in [4.69, 9.17) is 0 Å². The Bertz CT molecular complexity index is 767. The van der Waals surface area contributed by atoms with E-state index in [1.165, 1.54) is 0 Å². The number of imidazole rings is 1. The molecule has 0 saturated heterocycles. The van der Waals surface area contributed by atoms with Crippen LogP contribution >= 0.6 is 0 Å². The van der Waals surface area contributed by atoms with Crippen molar-refractivity contribution in [3.05, 3.63) is 46.9 Å². The van der Waals surface area contributed by atoms with Gasteiger partial charge in [-0.15, -0.1) is 0 Å². The zero-order valence-electron chi connectivity index (χ0n) is 12.7. The molecule has 7 nitrogen and oxygen atoms in total. The molecule has 1 aliphatic heterocycles. The van der Waals surface area contributed by atoms with Crippen molar-refractivity contribution in [3.8, 4) is 0 Å². The van der Waals surface area contributed by atoms with Crippen molar-refractivity contribution in [2.45, 2.75) is 26.0 Å². The number of aliphatic hydroxyl groups is 1. The van der Waals surface area contributed by atoms with Crippen molar-refractivity contribution >= 4 is 18.1 Å². The first kappa shape index (κ1) is 15.2. The molecule has 3 rings (SSSR count). The quantitative estimate of drug-likeness (QED) is 0.796. The van der Waals surface area contributed by atoms with Crippen LogP contribution in [0.3, 0.4) is 0 Å². The van der Waals surface area contributed by atoms with E-state index in [1.807, 2.05) is 17.6 Å². The van der Waals surface area contributed by atoms with Gasteiger partial charge in [-0.1, -0.05) is 17.7 Å². The Morgan fingerprint density at radius 1 is 1.48 bits per heavy atom. The number of hydrogen-bond donors (Lipinski definition) is 3. The minimum atomic E-state index is -0.926. The summed E-state index contributed by atoms with van der Waals surface area (Å²) in [6.07, 6.45) is 3.02. The molecule has 1 aliphatic rings. The van der Waals surface area contributed by atoms with Crippen LogP contribution in [0.25, 0.3) is 0 Å². The minimum Gasteiger partial charge on any atom is -0.478 e. The largest absolute Gasteiger partial charge is 0.478 e. The van der Waals surface area contributed by atoms with Gasteiger partial charge < -0.3 is 20.1 Å². The molecule has 0 bridgehead atoms. The van der Waals surface area contributed by atoms with Crippen molar-refractivity contribution in [1.82, 2.24) is 9.55 Å². The molecule has 7 heteroatoms. The van der Waals surface area contributed by atoms with Crippen LogP contribution < -0.4 is 5.32 Å². The summed E-state index contributed by atoms with van der Waals surface area (Å²) in [6, 6.07) is 5.32. The van der Waals surface area contributed by atoms with Gasteiger partial charge in [0, 0.05) is 6.54 Å². The van der Waals surface area contributed by atoms with Crippen LogP contribution in [0.15, 0.2) is 29.5 Å². The standard InChI is InChI=1S/C16H18N4O3/c1-10-2-3-12(16(22)23)11(6-10)4-5-20-9-19-14-13(21)7-17-8-18-15(14)20/h2-3,6,8-9,13,21H,4-5,7H2,1H3,(H,17,18)(H,22,23). The summed E-state index contributed by atoms with van der Waals surface area (Å²) in [4.78, 5) is 19.6. The number of fused-ring (bicyclic) bond motifs is 1. The van der Waals surface area contributed by atoms with Crippen molar-refractivity contribution in [1.29, 1.82) is 0 Å². The summed E-state index contributed by atoms with van der Waals surface area (Å²) in [6.45, 7) is 2.77. The third-order valence-corrected chi connectivity index (χ3v) is 3.87. The van der Waals surface area contributed by atoms with E-state index >= 15 is 0 Å². The molecule has 2 aromatic rings. The van der Waals surface area contributed by atoms with Gasteiger partial charge in [0.2, 0.25) is 0 Å². The maximum atomic E-state index is 11.3. The number of nitrogens with zero attached hydrogens (tertiary/aromatic N) is 3. The van der Waals surface area contributed by atoms with Gasteiger partial charge in [0.05, 0.1) is 24.8 Å². The van der Waals surface area contributed by atoms with Crippen LogP contribution in [0.5, 0.6) is 0 Å². The molecular weight excluding hydrogens is 296 g/mol. The first-order chi connectivity index (χ1) is 11.1. The Hall–Kier alpha value is -2.67. The molecule has 2 heterocycles. The first-order valence-electron chi connectivity index (χ1n) is 7.37. The molecule has 1 atom stereocenters. The molecule has 3 N–H and O–H groups in total. The smallest absolute Gasteiger partial charge is 0.335 e. The summed E-state index contributed by atoms with van der Waals surface area (Å²) < 4.78 is 1.86. The summed E-state index contributed by atoms with van der Waals surface area (Å²) in [5, 5.41) is 22.3. The lowest BCUT2D eigenvalue weighted by atomic mass is 10.0. The normalized spacial score (nSPS) is 16.5. The number of carbonyl (C=O) groups is 1. The molecule has 1 aromatic heterocycles. The summed E-state index contributed by atoms with van der Waals surface area (Å²) in [5.41, 5.74) is 2.68. The van der Waals surface area contributed by atoms with Crippen LogP contribution in [-0.4, -0.2) is 38.6 Å². The number of nitrogens with one attached hydrogen (secondary N) is 1. The van der Waals surface area contributed by atoms with Crippen LogP contribution in [0, 0.1) is 6.92 Å². The van der Waals surface area contributed by atoms with E-state index in [0.29, 0.717) is 30.0 Å². The summed E-state index contributed by atoms with van der Waals surface area (Å²) in [7, 11) is 0. The fourth-order valence-electron chi connectivity index (χ4n) is 2.69. The van der Waals surface area contributed by atoms with E-state index in [2.05, 4.69) is 15.3 Å². The monoisotopic (exact) mass is 314 g/mol. The number of aryl methyl sites for hydroxylation is 3. The highest BCUT2D eigenvalue weighted by atomic mass is 16.4. The lowest BCUT2D eigenvalue weighted by molar-refractivity contribution is 0.0695. The highest BCUT2D eigenvalue weighted by Crippen LogP contribution is 2.24. The number of aromatic carboxylic acids is 1. The first-order valence-corrected chi connectivity index (χ1v) is 7.37. The third kappa shape index (κ3) is 3.09. The molecule has 120 valence electrons. The number of aliphatic hydroxyl groups excluding tert-OH is 1. The average Bonchev–Trinajstić information content (AvgIpc) is 2.83. The van der Waals surface area contributed by atoms with E-state index in [0.717, 1.165) is 11.1 Å². The summed E-state index contributed by atoms with van der Waals surface area (Å²) >= 11 is 0. The number of carboxylic acid groups (broad SMARTS) is 1. The van der Waals surface area contributed by atoms with Crippen molar-refractivity contribution in [2.24, 2.45) is 4.99 Å². The second-order valence-corrected chi connectivity index (χ2v) is 5.54. The van der Waals surface area contributed by atoms with E-state index in [1.54, 1.807) is 24.8 Å². The predicted molar refractivity (Wildman–Crippen MR) is 86.0 cm³/mol. The Labute approximate surface area is 133 Å². The number of aliphatic imine (C=N–C) groups is 1. The zero-order valence-corrected chi connectivity index (χ0v) is 12.7. The Balaban J connectivity index is 1.84. The minimum absolute atomic E-state index is 0.276. The molecular formula is C16H18N4O3. The fourth-order valence-corrected chi connectivity index (χ4v) is 2.69. The molecule has 1 unspecified atom stereocenters. The van der Waals surface area contributed by atoms with Crippen molar-refractivity contribution in [3.63, 3.8) is 0 Å². The number of aromatic nitrogens is 2. The van der Waals surface area contributed by atoms with E-state index in [9.17, 15) is 15.0 Å². The molecule has 0 saturated carbocycles. The molecule has 0 amide bonds. The number of anilines is 1. The molecule has 0 radical (unpaired) electrons. The number of carboxylic acids is 1. The van der Waals surface area contributed by atoms with Gasteiger partial charge in [-0.2, -0.15) is 0 Å². The van der Waals surface area contributed by atoms with Gasteiger partial charge in [-0.3, -0.25) is 4.99 Å². The predicted octanol–water partition coefficient (Wildman–Crippen LogP) is 1.62. The topological polar surface area (TPSA) is 99.7 Å². The molecule has 1 aromatic carbocycles. The van der Waals surface area contributed by atoms with Crippen LogP contribution in [0.2, 0.25) is 0 Å². The Morgan fingerprint density at radius 3 is 3.09 bits per heavy atom. The molecule has 23 heavy (non-hydrogen) atoms. The van der Waals surface area contributed by atoms with E-state index < -0.39 is 12.1 Å². The molecule has 0 fully saturated rings. The van der Waals surface area contributed by atoms with Crippen LogP contribution in [-0.2, 0) is 13.0 Å². The third-order valence-electron chi connectivity index (χ3n) is 3.87. The number of hydrogen-bond acceptors (Lipinski definition) is 5. The molecule has 0 aliphatic carbocycles. The van der Waals surface area contributed by atoms with Gasteiger partial charge >= 0.3 is 5.97 Å². The highest BCUT2D eigenvalue weighted by Gasteiger charge is 2.20. The van der Waals surface area contributed by atoms with Gasteiger partial charge in [0.1, 0.15) is 17.6 Å². The average molecular weight is 314 g/mol. The lowest BCUT2D eigenvalue weighted by Crippen LogP contribution is -2.10. The zero-order chi connectivity index (χ0) is 16.4. The highest BCUT2D eigenvalue weighted by molar-refractivity contribution is 5.89. The van der Waals surface area contributed by atoms with Gasteiger partial charge in [-0.25, -0.2) is 9.78 Å². The maximum Gasteiger partial charge on any atom is 0.335 e. The van der Waals surface area contributed by atoms with Gasteiger partial charge in [-0.05, 0) is 25.0 Å². The van der Waals surface area contributed by atoms with Crippen LogP contribution in [0.1, 0.15) is 33.3 Å². The maximum absolute atomic E-state index is 11.3. The van der Waals surface area contributed by atoms with Crippen LogP contribution in [0.4, 0.5) is 5.82 Å². The van der Waals surface area contributed by atoms with Crippen molar-refractivity contribution in [2.75, 3.05) is 11.9 Å². The number of rotatable bonds is 4. The van der Waals surface area contributed by atoms with Gasteiger partial charge in [0.25, 0.3) is 0 Å². The number of benzene rings is 1. The lowest BCUT2D eigenvalue weighted by Gasteiger charge is -2.11. The summed E-state index contributed by atoms with van der Waals surface area (Å²) in [5.74, 6) is -0.228. The second-order valence-electron chi connectivity index (χ2n) is 5.54. The SMILES string of the molecule is Cc1ccc(C(=O)O)c(CCn2cnc3c2NC=NCC3O)c1. The van der Waals surface area contributed by atoms with Gasteiger partial charge in [0.15, 0.2) is 0 Å². The Kier molecular flexibility index (Phi) is 4.12. The van der Waals surface area contributed by atoms with Crippen molar-refractivity contribution < 1.29 is 15.0 Å². The second kappa shape index (κ2) is 6.21.